The van der Waals surface area contributed by atoms with Crippen LogP contribution in [0.15, 0.2) is 59.8 Å². The van der Waals surface area contributed by atoms with Crippen LogP contribution >= 0.6 is 0 Å². The van der Waals surface area contributed by atoms with Crippen molar-refractivity contribution in [3.63, 3.8) is 0 Å². The van der Waals surface area contributed by atoms with Gasteiger partial charge in [0.2, 0.25) is 15.9 Å². The number of aryl methyl sites for hydroxylation is 1. The quantitative estimate of drug-likeness (QED) is 0.512. The number of hydrogen-bond acceptors (Lipinski definition) is 4. The summed E-state index contributed by atoms with van der Waals surface area (Å²) < 4.78 is 30.4. The Morgan fingerprint density at radius 2 is 1.94 bits per heavy atom. The van der Waals surface area contributed by atoms with E-state index in [-0.39, 0.29) is 29.9 Å². The Balaban J connectivity index is 1.62. The van der Waals surface area contributed by atoms with Crippen LogP contribution in [0.5, 0.6) is 0 Å². The minimum Gasteiger partial charge on any atom is -0.353 e. The third-order valence-corrected chi connectivity index (χ3v) is 7.57. The Morgan fingerprint density at radius 1 is 1.16 bits per heavy atom. The molecule has 0 saturated heterocycles. The number of hydrogen-bond donors (Lipinski definition) is 0. The zero-order chi connectivity index (χ0) is 22.0. The zero-order valence-electron chi connectivity index (χ0n) is 17.9. The second-order valence-electron chi connectivity index (χ2n) is 8.03. The van der Waals surface area contributed by atoms with Gasteiger partial charge < -0.3 is 9.47 Å². The first-order valence-corrected chi connectivity index (χ1v) is 12.1. The van der Waals surface area contributed by atoms with Gasteiger partial charge in [0.25, 0.3) is 0 Å². The number of nitrogens with zero attached hydrogens (tertiary/aromatic N) is 4. The molecule has 8 heteroatoms. The number of fused-ring (bicyclic) bond motifs is 1. The molecular weight excluding hydrogens is 412 g/mol. The van der Waals surface area contributed by atoms with Crippen molar-refractivity contribution in [3.8, 4) is 0 Å². The highest BCUT2D eigenvalue weighted by molar-refractivity contribution is 7.89. The van der Waals surface area contributed by atoms with Crippen LogP contribution in [0.1, 0.15) is 31.9 Å². The molecule has 2 heterocycles. The maximum atomic E-state index is 13.6. The van der Waals surface area contributed by atoms with Crippen molar-refractivity contribution >= 4 is 26.8 Å². The fourth-order valence-electron chi connectivity index (χ4n) is 3.84. The van der Waals surface area contributed by atoms with Crippen LogP contribution in [-0.4, -0.2) is 52.2 Å². The Bertz CT molecular complexity index is 1180. The predicted octanol–water partition coefficient (Wildman–Crippen LogP) is 3.17. The monoisotopic (exact) mass is 440 g/mol. The largest absolute Gasteiger partial charge is 0.353 e. The number of rotatable bonds is 9. The van der Waals surface area contributed by atoms with Gasteiger partial charge in [-0.25, -0.2) is 8.42 Å². The molecule has 0 radical (unpaired) electrons. The van der Waals surface area contributed by atoms with Crippen LogP contribution < -0.4 is 0 Å². The van der Waals surface area contributed by atoms with Crippen molar-refractivity contribution in [2.24, 2.45) is 7.05 Å². The molecule has 164 valence electrons. The number of pyridine rings is 1. The molecule has 0 aliphatic heterocycles. The lowest BCUT2D eigenvalue weighted by Crippen LogP contribution is -2.44. The van der Waals surface area contributed by atoms with Gasteiger partial charge in [0.15, 0.2) is 0 Å². The maximum Gasteiger partial charge on any atom is 0.245 e. The number of carbonyl (C=O) groups excluding carboxylic acids is 1. The van der Waals surface area contributed by atoms with E-state index in [4.69, 9.17) is 0 Å². The number of para-hydroxylation sites is 1. The summed E-state index contributed by atoms with van der Waals surface area (Å²) in [4.78, 5) is 19.6. The van der Waals surface area contributed by atoms with Gasteiger partial charge in [0.1, 0.15) is 4.90 Å². The molecule has 1 fully saturated rings. The fraction of sp³-hybridized carbons (Fsp3) is 0.391. The van der Waals surface area contributed by atoms with Gasteiger partial charge in [-0.1, -0.05) is 25.1 Å². The van der Waals surface area contributed by atoms with E-state index in [1.807, 2.05) is 53.9 Å². The van der Waals surface area contributed by atoms with E-state index in [2.05, 4.69) is 4.98 Å². The summed E-state index contributed by atoms with van der Waals surface area (Å²) in [5, 5.41) is 0.759. The van der Waals surface area contributed by atoms with E-state index in [0.717, 1.165) is 23.9 Å². The number of sulfonamides is 1. The van der Waals surface area contributed by atoms with Gasteiger partial charge in [-0.05, 0) is 43.5 Å². The highest BCUT2D eigenvalue weighted by atomic mass is 32.2. The molecule has 1 aliphatic rings. The van der Waals surface area contributed by atoms with Crippen molar-refractivity contribution in [2.75, 3.05) is 13.1 Å². The second kappa shape index (κ2) is 8.80. The van der Waals surface area contributed by atoms with Gasteiger partial charge in [-0.15, -0.1) is 0 Å². The molecule has 3 aromatic rings. The molecule has 0 N–H and O–H groups in total. The third kappa shape index (κ3) is 4.50. The van der Waals surface area contributed by atoms with E-state index >= 15 is 0 Å². The van der Waals surface area contributed by atoms with Crippen LogP contribution in [0.4, 0.5) is 0 Å². The molecule has 1 aromatic carbocycles. The summed E-state index contributed by atoms with van der Waals surface area (Å²) in [5.74, 6) is -0.158. The minimum absolute atomic E-state index is 0.146. The Kier molecular flexibility index (Phi) is 6.11. The van der Waals surface area contributed by atoms with Crippen molar-refractivity contribution in [3.05, 3.63) is 60.6 Å². The summed E-state index contributed by atoms with van der Waals surface area (Å²) in [6.07, 6.45) is 6.08. The van der Waals surface area contributed by atoms with Gasteiger partial charge in [-0.3, -0.25) is 9.78 Å². The first-order valence-electron chi connectivity index (χ1n) is 10.7. The Hall–Kier alpha value is -2.71. The predicted molar refractivity (Wildman–Crippen MR) is 120 cm³/mol. The van der Waals surface area contributed by atoms with Gasteiger partial charge in [0.05, 0.1) is 18.6 Å². The topological polar surface area (TPSA) is 75.5 Å². The normalized spacial score (nSPS) is 14.3. The van der Waals surface area contributed by atoms with Gasteiger partial charge >= 0.3 is 0 Å². The molecule has 0 spiro atoms. The highest BCUT2D eigenvalue weighted by Gasteiger charge is 2.36. The van der Waals surface area contributed by atoms with Crippen LogP contribution in [0.2, 0.25) is 0 Å². The standard InChI is InChI=1S/C23H28N4O3S/c1-3-14-26(31(29,30)21-10-4-7-18-8-5-13-24-23(18)21)17-22(28)27(19-11-12-19)16-20-9-6-15-25(20)2/h4-10,13,15,19H,3,11-12,14,16-17H2,1-2H3. The van der Waals surface area contributed by atoms with E-state index < -0.39 is 10.0 Å². The van der Waals surface area contributed by atoms with E-state index in [9.17, 15) is 13.2 Å². The Morgan fingerprint density at radius 3 is 2.61 bits per heavy atom. The summed E-state index contributed by atoms with van der Waals surface area (Å²) in [6, 6.07) is 12.9. The molecule has 0 atom stereocenters. The Labute approximate surface area is 183 Å². The fourth-order valence-corrected chi connectivity index (χ4v) is 5.49. The number of aromatic nitrogens is 2. The van der Waals surface area contributed by atoms with Crippen LogP contribution in [0, 0.1) is 0 Å². The molecular formula is C23H28N4O3S. The SMILES string of the molecule is CCCN(CC(=O)N(Cc1cccn1C)C1CC1)S(=O)(=O)c1cccc2cccnc12. The van der Waals surface area contributed by atoms with Crippen molar-refractivity contribution < 1.29 is 13.2 Å². The molecule has 1 aliphatic carbocycles. The lowest BCUT2D eigenvalue weighted by Gasteiger charge is -2.27. The number of benzene rings is 1. The summed E-state index contributed by atoms with van der Waals surface area (Å²) in [5.41, 5.74) is 1.46. The maximum absolute atomic E-state index is 13.6. The molecule has 31 heavy (non-hydrogen) atoms. The lowest BCUT2D eigenvalue weighted by atomic mass is 10.2. The average molecular weight is 441 g/mol. The lowest BCUT2D eigenvalue weighted by molar-refractivity contribution is -0.132. The van der Waals surface area contributed by atoms with Gasteiger partial charge in [-0.2, -0.15) is 4.31 Å². The summed E-state index contributed by atoms with van der Waals surface area (Å²) >= 11 is 0. The van der Waals surface area contributed by atoms with E-state index in [1.54, 1.807) is 24.4 Å². The van der Waals surface area contributed by atoms with Crippen molar-refractivity contribution in [1.82, 2.24) is 18.8 Å². The number of carbonyl (C=O) groups is 1. The molecule has 4 rings (SSSR count). The van der Waals surface area contributed by atoms with Crippen LogP contribution in [0.25, 0.3) is 10.9 Å². The first-order chi connectivity index (χ1) is 14.9. The zero-order valence-corrected chi connectivity index (χ0v) is 18.8. The smallest absolute Gasteiger partial charge is 0.245 e. The molecule has 2 aromatic heterocycles. The molecule has 0 bridgehead atoms. The van der Waals surface area contributed by atoms with E-state index in [0.29, 0.717) is 18.5 Å². The molecule has 7 nitrogen and oxygen atoms in total. The highest BCUT2D eigenvalue weighted by Crippen LogP contribution is 2.30. The first kappa shape index (κ1) is 21.5. The summed E-state index contributed by atoms with van der Waals surface area (Å²) in [6.45, 7) is 2.51. The van der Waals surface area contributed by atoms with Gasteiger partial charge in [0, 0.05) is 43.1 Å². The molecule has 1 amide bonds. The second-order valence-corrected chi connectivity index (χ2v) is 9.94. The van der Waals surface area contributed by atoms with Crippen molar-refractivity contribution in [2.45, 2.75) is 43.7 Å². The van der Waals surface area contributed by atoms with E-state index in [1.165, 1.54) is 4.31 Å². The minimum atomic E-state index is -3.88. The van der Waals surface area contributed by atoms with Crippen LogP contribution in [0.3, 0.4) is 0 Å². The van der Waals surface area contributed by atoms with Crippen molar-refractivity contribution in [1.29, 1.82) is 0 Å². The third-order valence-electron chi connectivity index (χ3n) is 5.69. The number of amides is 1. The van der Waals surface area contributed by atoms with Crippen LogP contribution in [-0.2, 0) is 28.4 Å². The average Bonchev–Trinajstić information content (AvgIpc) is 3.52. The summed E-state index contributed by atoms with van der Waals surface area (Å²) in [7, 11) is -1.93. The molecule has 0 unspecified atom stereocenters. The molecule has 1 saturated carbocycles.